The van der Waals surface area contributed by atoms with E-state index < -0.39 is 18.8 Å². The van der Waals surface area contributed by atoms with Crippen LogP contribution < -0.4 is 68.9 Å². The second-order valence-corrected chi connectivity index (χ2v) is 8.97. The first-order chi connectivity index (χ1) is 10.6. The third-order valence-electron chi connectivity index (χ3n) is 2.92. The van der Waals surface area contributed by atoms with Crippen molar-refractivity contribution in [3.05, 3.63) is 62.5 Å². The normalized spacial score (nSPS) is 11.4. The maximum Gasteiger partial charge on any atom is 1.00 e. The van der Waals surface area contributed by atoms with Crippen LogP contribution in [0.15, 0.2) is 56.3 Å². The van der Waals surface area contributed by atoms with E-state index in [1.54, 1.807) is 0 Å². The zero-order valence-electron chi connectivity index (χ0n) is 13.3. The summed E-state index contributed by atoms with van der Waals surface area (Å²) < 4.78 is 38.8. The molecule has 0 aliphatic heterocycles. The zero-order chi connectivity index (χ0) is 17.3. The minimum absolute atomic E-state index is 0. The monoisotopic (exact) mass is 530 g/mol. The molecule has 124 valence electrons. The van der Waals surface area contributed by atoms with Gasteiger partial charge in [-0.3, -0.25) is 0 Å². The number of rotatable bonds is 5. The Labute approximate surface area is 209 Å². The van der Waals surface area contributed by atoms with Gasteiger partial charge in [-0.2, -0.15) is 8.78 Å². The Bertz CT molecular complexity index is 760. The van der Waals surface area contributed by atoms with Gasteiger partial charge in [-0.15, -0.1) is 11.8 Å². The van der Waals surface area contributed by atoms with Crippen molar-refractivity contribution < 1.29 is 82.2 Å². The Morgan fingerprint density at radius 3 is 2.08 bits per heavy atom. The third-order valence-corrected chi connectivity index (χ3v) is 6.12. The first-order valence-corrected chi connectivity index (χ1v) is 10.3. The van der Waals surface area contributed by atoms with Crippen molar-refractivity contribution in [1.82, 2.24) is 0 Å². The fourth-order valence-electron chi connectivity index (χ4n) is 1.74. The number of thioether (sulfide) groups is 1. The van der Waals surface area contributed by atoms with Crippen molar-refractivity contribution in [1.29, 1.82) is 0 Å². The van der Waals surface area contributed by atoms with Gasteiger partial charge in [0, 0.05) is 32.8 Å². The molecule has 2 rings (SSSR count). The quantitative estimate of drug-likeness (QED) is 0.267. The Balaban J connectivity index is 0.00000288. The van der Waals surface area contributed by atoms with E-state index in [4.69, 9.17) is 0 Å². The van der Waals surface area contributed by atoms with Crippen LogP contribution in [0.25, 0.3) is 0 Å². The summed E-state index contributed by atoms with van der Waals surface area (Å²) in [5.74, 6) is 0.512. The average Bonchev–Trinajstić information content (AvgIpc) is 2.45. The van der Waals surface area contributed by atoms with Gasteiger partial charge < -0.3 is 14.4 Å². The molecule has 0 N–H and O–H groups in total. The first kappa shape index (κ1) is 26.8. The molecule has 11 heteroatoms. The van der Waals surface area contributed by atoms with E-state index >= 15 is 0 Å². The molecule has 0 amide bonds. The van der Waals surface area contributed by atoms with Crippen LogP contribution in [0.1, 0.15) is 11.1 Å². The van der Waals surface area contributed by atoms with E-state index in [9.17, 15) is 23.1 Å². The summed E-state index contributed by atoms with van der Waals surface area (Å²) >= 11 is 7.75. The molecule has 0 unspecified atom stereocenters. The molecule has 2 aromatic carbocycles. The molecule has 0 radical (unpaired) electrons. The van der Waals surface area contributed by atoms with E-state index in [0.29, 0.717) is 5.75 Å². The minimum atomic E-state index is -6.07. The topological polar surface area (TPSA) is 63.2 Å². The summed E-state index contributed by atoms with van der Waals surface area (Å²) in [5.41, 5.74) is -4.57. The fourth-order valence-corrected chi connectivity index (χ4v) is 4.16. The van der Waals surface area contributed by atoms with Crippen molar-refractivity contribution in [3.63, 3.8) is 0 Å². The van der Waals surface area contributed by atoms with E-state index in [-0.39, 0.29) is 63.6 Å². The van der Waals surface area contributed by atoms with Crippen LogP contribution >= 0.6 is 51.2 Å². The summed E-state index contributed by atoms with van der Waals surface area (Å²) in [7, 11) is -6.07. The Morgan fingerprint density at radius 1 is 1.04 bits per heavy atom. The molecule has 25 heavy (non-hydrogen) atoms. The second-order valence-electron chi connectivity index (χ2n) is 4.60. The largest absolute Gasteiger partial charge is 1.00 e. The van der Waals surface area contributed by atoms with Crippen molar-refractivity contribution in [3.8, 4) is 0 Å². The fraction of sp³-hybridized carbons (Fsp3) is 0.143. The van der Waals surface area contributed by atoms with Crippen LogP contribution in [0, 0.1) is 0 Å². The van der Waals surface area contributed by atoms with Gasteiger partial charge in [0.15, 0.2) is 0 Å². The van der Waals surface area contributed by atoms with E-state index in [1.165, 1.54) is 23.9 Å². The second kappa shape index (κ2) is 11.1. The van der Waals surface area contributed by atoms with E-state index in [0.717, 1.165) is 21.0 Å². The molecule has 0 aliphatic carbocycles. The van der Waals surface area contributed by atoms with Gasteiger partial charge in [0.2, 0.25) is 0 Å². The molecule has 0 aliphatic rings. The van der Waals surface area contributed by atoms with Crippen molar-refractivity contribution in [2.45, 2.75) is 16.3 Å². The van der Waals surface area contributed by atoms with Crippen LogP contribution in [-0.4, -0.2) is 0 Å². The molecular formula is C14H9Br2F2Na2O3PS. The predicted octanol–water partition coefficient (Wildman–Crippen LogP) is -1.53. The van der Waals surface area contributed by atoms with Crippen molar-refractivity contribution in [2.24, 2.45) is 0 Å². The number of hydrogen-bond donors (Lipinski definition) is 0. The van der Waals surface area contributed by atoms with Gasteiger partial charge in [-0.25, -0.2) is 0 Å². The molecule has 0 fully saturated rings. The van der Waals surface area contributed by atoms with E-state index in [2.05, 4.69) is 31.9 Å². The maximum atomic E-state index is 13.6. The molecule has 3 nitrogen and oxygen atoms in total. The van der Waals surface area contributed by atoms with Crippen molar-refractivity contribution >= 4 is 51.2 Å². The van der Waals surface area contributed by atoms with Crippen LogP contribution in [0.3, 0.4) is 0 Å². The summed E-state index contributed by atoms with van der Waals surface area (Å²) in [6.45, 7) is 0. The Hall–Kier alpha value is 1.76. The third kappa shape index (κ3) is 7.26. The SMILES string of the molecule is O=P([O-])([O-])C(F)(F)c1ccc(CSc2ccc(Br)cc2)cc1Br.[Na+].[Na+]. The molecule has 0 spiro atoms. The zero-order valence-corrected chi connectivity index (χ0v) is 22.2. The Morgan fingerprint density at radius 2 is 1.60 bits per heavy atom. The molecule has 0 heterocycles. The van der Waals surface area contributed by atoms with E-state index in [1.807, 2.05) is 24.3 Å². The molecular weight excluding hydrogens is 523 g/mol. The summed E-state index contributed by atoms with van der Waals surface area (Å²) in [6, 6.07) is 11.4. The number of hydrogen-bond acceptors (Lipinski definition) is 4. The predicted molar refractivity (Wildman–Crippen MR) is 89.3 cm³/mol. The molecule has 0 saturated heterocycles. The van der Waals surface area contributed by atoms with Gasteiger partial charge in [0.1, 0.15) is 0 Å². The van der Waals surface area contributed by atoms with Crippen LogP contribution in [-0.2, 0) is 16.0 Å². The van der Waals surface area contributed by atoms with Crippen LogP contribution in [0.5, 0.6) is 0 Å². The minimum Gasteiger partial charge on any atom is -0.806 e. The maximum absolute atomic E-state index is 13.6. The number of halogens is 4. The molecule has 0 aromatic heterocycles. The number of alkyl halides is 2. The molecule has 0 atom stereocenters. The van der Waals surface area contributed by atoms with Crippen LogP contribution in [0.2, 0.25) is 0 Å². The molecule has 2 aromatic rings. The molecule has 0 bridgehead atoms. The molecule has 0 saturated carbocycles. The van der Waals surface area contributed by atoms with Gasteiger partial charge in [0.05, 0.1) is 0 Å². The van der Waals surface area contributed by atoms with Gasteiger partial charge >= 0.3 is 59.1 Å². The standard InChI is InChI=1S/C14H11Br2F2O3PS.2Na/c15-10-2-4-11(5-3-10)23-8-9-1-6-12(13(16)7-9)14(17,18)22(19,20)21;;/h1-7H,8H2,(H2,19,20,21);;/q;2*+1/p-2. The number of benzene rings is 2. The first-order valence-electron chi connectivity index (χ1n) is 6.18. The summed E-state index contributed by atoms with van der Waals surface area (Å²) in [4.78, 5) is 22.4. The van der Waals surface area contributed by atoms with Gasteiger partial charge in [-0.05, 0) is 35.9 Å². The smallest absolute Gasteiger partial charge is 0.806 e. The average molecular weight is 532 g/mol. The van der Waals surface area contributed by atoms with Crippen LogP contribution in [0.4, 0.5) is 8.78 Å². The Kier molecular flexibility index (Phi) is 11.9. The summed E-state index contributed by atoms with van der Waals surface area (Å²) in [6.07, 6.45) is 0. The van der Waals surface area contributed by atoms with Gasteiger partial charge in [0.25, 0.3) is 5.66 Å². The summed E-state index contributed by atoms with van der Waals surface area (Å²) in [5, 5.41) is 0. The van der Waals surface area contributed by atoms with Crippen molar-refractivity contribution in [2.75, 3.05) is 0 Å². The van der Waals surface area contributed by atoms with Gasteiger partial charge in [-0.1, -0.05) is 44.0 Å².